The number of hydrogen-bond donors (Lipinski definition) is 1. The van der Waals surface area contributed by atoms with Crippen molar-refractivity contribution in [2.24, 2.45) is 0 Å². The second-order valence-electron chi connectivity index (χ2n) is 8.66. The molecule has 1 fully saturated rings. The summed E-state index contributed by atoms with van der Waals surface area (Å²) >= 11 is 3.49. The molecular weight excluding hydrogens is 552 g/mol. The van der Waals surface area contributed by atoms with Gasteiger partial charge in [0.1, 0.15) is 17.9 Å². The molecule has 8 nitrogen and oxygen atoms in total. The van der Waals surface area contributed by atoms with Gasteiger partial charge in [-0.3, -0.25) is 14.9 Å². The highest BCUT2D eigenvalue weighted by atomic mass is 79.9. The topological polar surface area (TPSA) is 94.2 Å². The number of anilines is 1. The van der Waals surface area contributed by atoms with Crippen molar-refractivity contribution < 1.29 is 28.6 Å². The molecule has 38 heavy (non-hydrogen) atoms. The Morgan fingerprint density at radius 1 is 0.974 bits per heavy atom. The van der Waals surface area contributed by atoms with Gasteiger partial charge in [-0.15, -0.1) is 0 Å². The van der Waals surface area contributed by atoms with Crippen LogP contribution in [-0.2, 0) is 16.2 Å². The Hall–Kier alpha value is -4.11. The van der Waals surface area contributed by atoms with Crippen LogP contribution in [0.3, 0.4) is 0 Å². The summed E-state index contributed by atoms with van der Waals surface area (Å²) in [6, 6.07) is 18.8. The first kappa shape index (κ1) is 26.9. The molecule has 9 heteroatoms. The number of benzene rings is 3. The predicted molar refractivity (Wildman–Crippen MR) is 147 cm³/mol. The summed E-state index contributed by atoms with van der Waals surface area (Å²) in [6.45, 7) is 6.42. The maximum absolute atomic E-state index is 13.3. The molecule has 0 spiro atoms. The number of imide groups is 2. The zero-order chi connectivity index (χ0) is 27.2. The molecule has 0 bridgehead atoms. The van der Waals surface area contributed by atoms with Crippen molar-refractivity contribution in [1.82, 2.24) is 5.32 Å². The normalized spacial score (nSPS) is 14.6. The summed E-state index contributed by atoms with van der Waals surface area (Å²) in [7, 11) is 0. The number of nitrogens with zero attached hydrogens (tertiary/aromatic N) is 1. The van der Waals surface area contributed by atoms with Crippen molar-refractivity contribution in [3.8, 4) is 17.2 Å². The van der Waals surface area contributed by atoms with Crippen LogP contribution in [0.4, 0.5) is 10.5 Å². The van der Waals surface area contributed by atoms with Crippen LogP contribution in [0.1, 0.15) is 31.9 Å². The number of urea groups is 1. The van der Waals surface area contributed by atoms with E-state index in [0.29, 0.717) is 46.2 Å². The zero-order valence-electron chi connectivity index (χ0n) is 21.2. The Balaban J connectivity index is 1.58. The highest BCUT2D eigenvalue weighted by Gasteiger charge is 2.37. The van der Waals surface area contributed by atoms with Crippen LogP contribution in [0.25, 0.3) is 6.08 Å². The summed E-state index contributed by atoms with van der Waals surface area (Å²) in [6.07, 6.45) is 1.33. The van der Waals surface area contributed by atoms with E-state index in [4.69, 9.17) is 14.2 Å². The van der Waals surface area contributed by atoms with E-state index in [9.17, 15) is 14.4 Å². The van der Waals surface area contributed by atoms with Crippen LogP contribution in [0.5, 0.6) is 17.2 Å². The molecule has 3 aromatic rings. The molecule has 4 rings (SSSR count). The minimum Gasteiger partial charge on any atom is -0.490 e. The number of nitrogens with one attached hydrogen (secondary N) is 1. The van der Waals surface area contributed by atoms with E-state index in [0.717, 1.165) is 10.5 Å². The Morgan fingerprint density at radius 2 is 1.68 bits per heavy atom. The fourth-order valence-electron chi connectivity index (χ4n) is 3.78. The number of rotatable bonds is 9. The second kappa shape index (κ2) is 12.0. The van der Waals surface area contributed by atoms with E-state index in [-0.39, 0.29) is 11.7 Å². The van der Waals surface area contributed by atoms with Gasteiger partial charge >= 0.3 is 6.03 Å². The minimum atomic E-state index is -0.827. The van der Waals surface area contributed by atoms with E-state index >= 15 is 0 Å². The number of barbiturate groups is 1. The molecule has 196 valence electrons. The molecule has 1 saturated heterocycles. The van der Waals surface area contributed by atoms with Crippen molar-refractivity contribution in [1.29, 1.82) is 0 Å². The number of amides is 4. The number of hydrogen-bond acceptors (Lipinski definition) is 6. The van der Waals surface area contributed by atoms with Gasteiger partial charge in [-0.2, -0.15) is 0 Å². The monoisotopic (exact) mass is 578 g/mol. The first-order valence-corrected chi connectivity index (χ1v) is 12.9. The van der Waals surface area contributed by atoms with Crippen LogP contribution < -0.4 is 24.4 Å². The Labute approximate surface area is 229 Å². The molecule has 1 aliphatic rings. The molecule has 0 saturated carbocycles. The molecule has 0 aliphatic carbocycles. The molecule has 0 radical (unpaired) electrons. The van der Waals surface area contributed by atoms with Crippen LogP contribution in [0, 0.1) is 0 Å². The first-order valence-electron chi connectivity index (χ1n) is 12.1. The van der Waals surface area contributed by atoms with E-state index < -0.39 is 17.8 Å². The minimum absolute atomic E-state index is 0.0879. The molecule has 4 amide bonds. The predicted octanol–water partition coefficient (Wildman–Crippen LogP) is 5.88. The fourth-order valence-corrected chi connectivity index (χ4v) is 4.33. The Morgan fingerprint density at radius 3 is 2.34 bits per heavy atom. The van der Waals surface area contributed by atoms with E-state index in [1.165, 1.54) is 6.08 Å². The van der Waals surface area contributed by atoms with E-state index in [2.05, 4.69) is 21.2 Å². The maximum Gasteiger partial charge on any atom is 0.335 e. The Kier molecular flexibility index (Phi) is 8.48. The van der Waals surface area contributed by atoms with Gasteiger partial charge in [0.2, 0.25) is 0 Å². The van der Waals surface area contributed by atoms with Gasteiger partial charge in [0.05, 0.1) is 22.9 Å². The molecule has 0 atom stereocenters. The SMILES string of the molecule is CCOc1cc(/C=C2\C(=O)NC(=O)N(c3ccc(OCc4ccccc4)cc3)C2=O)cc(Br)c1OC(C)C. The standard InChI is InChI=1S/C29H27BrN2O6/c1-4-36-25-16-20(15-24(30)26(25)38-18(2)3)14-23-27(33)31-29(35)32(28(23)34)21-10-12-22(13-11-21)37-17-19-8-6-5-7-9-19/h5-16,18H,4,17H2,1-3H3,(H,31,33,35)/b23-14+. The third-order valence-corrected chi connectivity index (χ3v) is 6.03. The molecule has 3 aromatic carbocycles. The average molecular weight is 579 g/mol. The van der Waals surface area contributed by atoms with Gasteiger partial charge in [-0.05, 0) is 90.3 Å². The van der Waals surface area contributed by atoms with Crippen LogP contribution in [0.15, 0.2) is 76.8 Å². The number of carbonyl (C=O) groups excluding carboxylic acids is 3. The van der Waals surface area contributed by atoms with Gasteiger partial charge < -0.3 is 14.2 Å². The summed E-state index contributed by atoms with van der Waals surface area (Å²) in [5.41, 5.74) is 1.64. The zero-order valence-corrected chi connectivity index (χ0v) is 22.8. The smallest absolute Gasteiger partial charge is 0.335 e. The molecule has 0 unspecified atom stereocenters. The highest BCUT2D eigenvalue weighted by Crippen LogP contribution is 2.38. The lowest BCUT2D eigenvalue weighted by molar-refractivity contribution is -0.122. The van der Waals surface area contributed by atoms with Crippen LogP contribution in [-0.4, -0.2) is 30.6 Å². The Bertz CT molecular complexity index is 1370. The third-order valence-electron chi connectivity index (χ3n) is 5.44. The van der Waals surface area contributed by atoms with Crippen LogP contribution in [0.2, 0.25) is 0 Å². The lowest BCUT2D eigenvalue weighted by atomic mass is 10.1. The summed E-state index contributed by atoms with van der Waals surface area (Å²) in [5, 5.41) is 2.24. The van der Waals surface area contributed by atoms with Crippen molar-refractivity contribution >= 4 is 45.5 Å². The molecule has 1 aliphatic heterocycles. The summed E-state index contributed by atoms with van der Waals surface area (Å²) in [5.74, 6) is 0.0372. The van der Waals surface area contributed by atoms with Crippen molar-refractivity contribution in [2.45, 2.75) is 33.5 Å². The van der Waals surface area contributed by atoms with E-state index in [1.54, 1.807) is 36.4 Å². The lowest BCUT2D eigenvalue weighted by Crippen LogP contribution is -2.54. The summed E-state index contributed by atoms with van der Waals surface area (Å²) < 4.78 is 18.0. The largest absolute Gasteiger partial charge is 0.490 e. The number of carbonyl (C=O) groups is 3. The second-order valence-corrected chi connectivity index (χ2v) is 9.51. The summed E-state index contributed by atoms with van der Waals surface area (Å²) in [4.78, 5) is 39.5. The first-order chi connectivity index (χ1) is 18.3. The third kappa shape index (κ3) is 6.23. The van der Waals surface area contributed by atoms with Crippen molar-refractivity contribution in [2.75, 3.05) is 11.5 Å². The molecule has 1 heterocycles. The van der Waals surface area contributed by atoms with Crippen LogP contribution >= 0.6 is 15.9 Å². The lowest BCUT2D eigenvalue weighted by Gasteiger charge is -2.26. The molecule has 1 N–H and O–H groups in total. The fraction of sp³-hybridized carbons (Fsp3) is 0.207. The van der Waals surface area contributed by atoms with Gasteiger partial charge in [0.15, 0.2) is 11.5 Å². The van der Waals surface area contributed by atoms with Crippen molar-refractivity contribution in [3.63, 3.8) is 0 Å². The molecule has 0 aromatic heterocycles. The quantitative estimate of drug-likeness (QED) is 0.251. The maximum atomic E-state index is 13.3. The van der Waals surface area contributed by atoms with Gasteiger partial charge in [0.25, 0.3) is 11.8 Å². The van der Waals surface area contributed by atoms with Gasteiger partial charge in [-0.25, -0.2) is 9.69 Å². The average Bonchev–Trinajstić information content (AvgIpc) is 2.88. The number of halogens is 1. The van der Waals surface area contributed by atoms with Gasteiger partial charge in [-0.1, -0.05) is 30.3 Å². The van der Waals surface area contributed by atoms with E-state index in [1.807, 2.05) is 51.1 Å². The van der Waals surface area contributed by atoms with Crippen molar-refractivity contribution in [3.05, 3.63) is 87.9 Å². The highest BCUT2D eigenvalue weighted by molar-refractivity contribution is 9.10. The molecular formula is C29H27BrN2O6. The van der Waals surface area contributed by atoms with Gasteiger partial charge in [0, 0.05) is 0 Å². The number of ether oxygens (including phenoxy) is 3.